The average molecular weight is 227 g/mol. The lowest BCUT2D eigenvalue weighted by atomic mass is 10.0. The van der Waals surface area contributed by atoms with Crippen LogP contribution in [-0.4, -0.2) is 11.5 Å². The Labute approximate surface area is 101 Å². The summed E-state index contributed by atoms with van der Waals surface area (Å²) in [5.74, 6) is 0. The van der Waals surface area contributed by atoms with Crippen LogP contribution in [0.3, 0.4) is 0 Å². The highest BCUT2D eigenvalue weighted by Crippen LogP contribution is 2.27. The van der Waals surface area contributed by atoms with Crippen LogP contribution in [0.25, 0.3) is 10.9 Å². The molecule has 0 amide bonds. The second-order valence-electron chi connectivity index (χ2n) is 3.86. The zero-order chi connectivity index (χ0) is 12.3. The Kier molecular flexibility index (Phi) is 3.46. The molecule has 1 aliphatic heterocycles. The van der Waals surface area contributed by atoms with E-state index in [0.717, 1.165) is 30.7 Å². The Bertz CT molecular complexity index is 561. The lowest BCUT2D eigenvalue weighted by Gasteiger charge is -2.00. The van der Waals surface area contributed by atoms with Crippen molar-refractivity contribution in [3.05, 3.63) is 35.0 Å². The topological polar surface area (TPSA) is 51.6 Å². The third-order valence-electron chi connectivity index (χ3n) is 2.99. The number of H-pyrrole nitrogens is 1. The summed E-state index contributed by atoms with van der Waals surface area (Å²) >= 11 is 0. The number of aromatic nitrogens is 1. The highest BCUT2D eigenvalue weighted by Gasteiger charge is 2.16. The van der Waals surface area contributed by atoms with E-state index in [-0.39, 0.29) is 0 Å². The fourth-order valence-corrected chi connectivity index (χ4v) is 2.32. The van der Waals surface area contributed by atoms with Crippen molar-refractivity contribution in [3.8, 4) is 6.07 Å². The Morgan fingerprint density at radius 1 is 1.29 bits per heavy atom. The number of hydrogen-bond donors (Lipinski definition) is 2. The first kappa shape index (κ1) is 11.7. The van der Waals surface area contributed by atoms with Crippen molar-refractivity contribution < 1.29 is 0 Å². The van der Waals surface area contributed by atoms with Gasteiger partial charge in [0.1, 0.15) is 11.8 Å². The van der Waals surface area contributed by atoms with Crippen LogP contribution in [0.5, 0.6) is 0 Å². The van der Waals surface area contributed by atoms with Gasteiger partial charge in [-0.2, -0.15) is 5.26 Å². The molecule has 0 atom stereocenters. The van der Waals surface area contributed by atoms with E-state index in [4.69, 9.17) is 5.26 Å². The molecule has 0 radical (unpaired) electrons. The van der Waals surface area contributed by atoms with Crippen LogP contribution in [0.15, 0.2) is 18.2 Å². The van der Waals surface area contributed by atoms with Crippen LogP contribution >= 0.6 is 0 Å². The molecule has 1 aromatic carbocycles. The number of hydrogen-bond acceptors (Lipinski definition) is 2. The largest absolute Gasteiger partial charge is 0.346 e. The highest BCUT2D eigenvalue weighted by atomic mass is 14.9. The third kappa shape index (κ3) is 1.92. The molecule has 1 aromatic heterocycles. The molecular formula is C14H17N3. The molecule has 88 valence electrons. The van der Waals surface area contributed by atoms with Gasteiger partial charge in [-0.3, -0.25) is 0 Å². The van der Waals surface area contributed by atoms with E-state index in [1.807, 2.05) is 26.0 Å². The normalized spacial score (nSPS) is 13.5. The molecule has 0 bridgehead atoms. The van der Waals surface area contributed by atoms with Crippen molar-refractivity contribution in [1.82, 2.24) is 10.3 Å². The summed E-state index contributed by atoms with van der Waals surface area (Å²) < 4.78 is 0. The summed E-state index contributed by atoms with van der Waals surface area (Å²) in [6.07, 6.45) is 0.930. The summed E-state index contributed by atoms with van der Waals surface area (Å²) in [5, 5.41) is 13.7. The number of nitriles is 1. The van der Waals surface area contributed by atoms with Gasteiger partial charge in [-0.25, -0.2) is 0 Å². The SMILES string of the molecule is CC.N#Cc1[nH]c2cccc3c2c1CCNC3. The number of benzene rings is 1. The molecule has 0 unspecified atom stereocenters. The Morgan fingerprint density at radius 2 is 2.12 bits per heavy atom. The second-order valence-corrected chi connectivity index (χ2v) is 3.86. The quantitative estimate of drug-likeness (QED) is 0.727. The van der Waals surface area contributed by atoms with Crippen molar-refractivity contribution in [1.29, 1.82) is 5.26 Å². The molecule has 0 saturated heterocycles. The predicted octanol–water partition coefficient (Wildman–Crippen LogP) is 2.71. The van der Waals surface area contributed by atoms with Gasteiger partial charge in [-0.15, -0.1) is 0 Å². The lowest BCUT2D eigenvalue weighted by Crippen LogP contribution is -2.14. The van der Waals surface area contributed by atoms with Crippen molar-refractivity contribution in [2.75, 3.05) is 6.54 Å². The minimum absolute atomic E-state index is 0.723. The summed E-state index contributed by atoms with van der Waals surface area (Å²) in [7, 11) is 0. The van der Waals surface area contributed by atoms with E-state index in [2.05, 4.69) is 22.4 Å². The highest BCUT2D eigenvalue weighted by molar-refractivity contribution is 5.89. The summed E-state index contributed by atoms with van der Waals surface area (Å²) in [6.45, 7) is 5.84. The van der Waals surface area contributed by atoms with E-state index >= 15 is 0 Å². The smallest absolute Gasteiger partial charge is 0.121 e. The molecular weight excluding hydrogens is 210 g/mol. The van der Waals surface area contributed by atoms with Gasteiger partial charge in [0.2, 0.25) is 0 Å². The molecule has 0 aliphatic carbocycles. The molecule has 1 aliphatic rings. The summed E-state index contributed by atoms with van der Waals surface area (Å²) in [4.78, 5) is 3.18. The van der Waals surface area contributed by atoms with E-state index in [0.29, 0.717) is 0 Å². The number of nitrogens with one attached hydrogen (secondary N) is 2. The first-order chi connectivity index (χ1) is 8.40. The van der Waals surface area contributed by atoms with E-state index in [9.17, 15) is 0 Å². The van der Waals surface area contributed by atoms with Crippen LogP contribution in [0.4, 0.5) is 0 Å². The minimum Gasteiger partial charge on any atom is -0.346 e. The Hall–Kier alpha value is -1.79. The molecule has 2 heterocycles. The van der Waals surface area contributed by atoms with E-state index in [1.54, 1.807) is 0 Å². The first-order valence-electron chi connectivity index (χ1n) is 6.13. The molecule has 0 saturated carbocycles. The average Bonchev–Trinajstić information content (AvgIpc) is 2.60. The second kappa shape index (κ2) is 5.03. The molecule has 2 aromatic rings. The lowest BCUT2D eigenvalue weighted by molar-refractivity contribution is 0.701. The van der Waals surface area contributed by atoms with Crippen molar-refractivity contribution in [2.24, 2.45) is 0 Å². The third-order valence-corrected chi connectivity index (χ3v) is 2.99. The maximum Gasteiger partial charge on any atom is 0.121 e. The molecule has 3 heteroatoms. The molecule has 0 fully saturated rings. The zero-order valence-corrected chi connectivity index (χ0v) is 10.3. The van der Waals surface area contributed by atoms with Gasteiger partial charge in [-0.05, 0) is 30.2 Å². The monoisotopic (exact) mass is 227 g/mol. The van der Waals surface area contributed by atoms with Crippen LogP contribution in [0.2, 0.25) is 0 Å². The van der Waals surface area contributed by atoms with Gasteiger partial charge in [0.25, 0.3) is 0 Å². The van der Waals surface area contributed by atoms with Gasteiger partial charge < -0.3 is 10.3 Å². The minimum atomic E-state index is 0.723. The maximum absolute atomic E-state index is 9.06. The van der Waals surface area contributed by atoms with E-state index < -0.39 is 0 Å². The fourth-order valence-electron chi connectivity index (χ4n) is 2.32. The fraction of sp³-hybridized carbons (Fsp3) is 0.357. The van der Waals surface area contributed by atoms with Crippen molar-refractivity contribution in [3.63, 3.8) is 0 Å². The van der Waals surface area contributed by atoms with Crippen molar-refractivity contribution >= 4 is 10.9 Å². The molecule has 2 N–H and O–H groups in total. The van der Waals surface area contributed by atoms with Gasteiger partial charge >= 0.3 is 0 Å². The molecule has 3 rings (SSSR count). The molecule has 3 nitrogen and oxygen atoms in total. The standard InChI is InChI=1S/C12H11N3.C2H6/c13-6-11-9-4-5-14-7-8-2-1-3-10(15-11)12(8)9;1-2/h1-3,14-15H,4-5,7H2;1-2H3. The van der Waals surface area contributed by atoms with Crippen LogP contribution < -0.4 is 5.32 Å². The molecule has 17 heavy (non-hydrogen) atoms. The number of aromatic amines is 1. The number of nitrogens with zero attached hydrogens (tertiary/aromatic N) is 1. The van der Waals surface area contributed by atoms with Crippen LogP contribution in [0, 0.1) is 11.3 Å². The maximum atomic E-state index is 9.06. The van der Waals surface area contributed by atoms with Crippen LogP contribution in [-0.2, 0) is 13.0 Å². The Morgan fingerprint density at radius 3 is 2.88 bits per heavy atom. The first-order valence-corrected chi connectivity index (χ1v) is 6.13. The van der Waals surface area contributed by atoms with Gasteiger partial charge in [0, 0.05) is 17.4 Å². The van der Waals surface area contributed by atoms with E-state index in [1.165, 1.54) is 16.5 Å². The van der Waals surface area contributed by atoms with Gasteiger partial charge in [0.05, 0.1) is 0 Å². The summed E-state index contributed by atoms with van der Waals surface area (Å²) in [6, 6.07) is 8.44. The summed E-state index contributed by atoms with van der Waals surface area (Å²) in [5.41, 5.74) is 4.27. The van der Waals surface area contributed by atoms with Gasteiger partial charge in [-0.1, -0.05) is 26.0 Å². The molecule has 0 spiro atoms. The number of rotatable bonds is 0. The zero-order valence-electron chi connectivity index (χ0n) is 10.3. The predicted molar refractivity (Wildman–Crippen MR) is 69.8 cm³/mol. The van der Waals surface area contributed by atoms with Crippen LogP contribution in [0.1, 0.15) is 30.7 Å². The van der Waals surface area contributed by atoms with Crippen molar-refractivity contribution in [2.45, 2.75) is 26.8 Å². The Balaban J connectivity index is 0.000000514. The van der Waals surface area contributed by atoms with Gasteiger partial charge in [0.15, 0.2) is 0 Å².